The number of fused-ring (bicyclic) bond motifs is 1. The molecule has 2 N–H and O–H groups in total. The molecule has 0 saturated carbocycles. The molecule has 0 saturated heterocycles. The van der Waals surface area contributed by atoms with Crippen LogP contribution in [0.1, 0.15) is 35.7 Å². The second kappa shape index (κ2) is 5.88. The van der Waals surface area contributed by atoms with Gasteiger partial charge in [-0.25, -0.2) is 0 Å². The lowest BCUT2D eigenvalue weighted by Gasteiger charge is -2.30. The zero-order chi connectivity index (χ0) is 14.8. The molecule has 3 rings (SSSR count). The highest BCUT2D eigenvalue weighted by atomic mass is 16.5. The normalized spacial score (nSPS) is 19.3. The van der Waals surface area contributed by atoms with Gasteiger partial charge in [-0.3, -0.25) is 4.90 Å². The molecule has 1 aliphatic rings. The second-order valence-electron chi connectivity index (χ2n) is 5.57. The third-order valence-electron chi connectivity index (χ3n) is 4.49. The van der Waals surface area contributed by atoms with Crippen LogP contribution in [0.3, 0.4) is 0 Å². The van der Waals surface area contributed by atoms with Gasteiger partial charge in [0.05, 0.1) is 7.11 Å². The van der Waals surface area contributed by atoms with Crippen LogP contribution in [0.25, 0.3) is 0 Å². The van der Waals surface area contributed by atoms with Crippen molar-refractivity contribution in [1.29, 1.82) is 0 Å². The van der Waals surface area contributed by atoms with E-state index in [4.69, 9.17) is 10.5 Å². The first-order valence-electron chi connectivity index (χ1n) is 7.42. The van der Waals surface area contributed by atoms with Crippen LogP contribution < -0.4 is 10.5 Å². The highest BCUT2D eigenvalue weighted by molar-refractivity contribution is 5.36. The average Bonchev–Trinajstić information content (AvgIpc) is 2.92. The van der Waals surface area contributed by atoms with Gasteiger partial charge in [0.2, 0.25) is 0 Å². The van der Waals surface area contributed by atoms with Crippen molar-refractivity contribution in [3.05, 3.63) is 65.2 Å². The van der Waals surface area contributed by atoms with E-state index in [1.807, 2.05) is 12.1 Å². The molecule has 2 atom stereocenters. The molecule has 110 valence electrons. The third kappa shape index (κ3) is 2.55. The van der Waals surface area contributed by atoms with Gasteiger partial charge in [0.1, 0.15) is 5.75 Å². The zero-order valence-corrected chi connectivity index (χ0v) is 12.6. The molecule has 2 unspecified atom stereocenters. The molecule has 0 bridgehead atoms. The lowest BCUT2D eigenvalue weighted by atomic mass is 10.0. The van der Waals surface area contributed by atoms with Crippen LogP contribution in [0.5, 0.6) is 5.75 Å². The van der Waals surface area contributed by atoms with E-state index < -0.39 is 0 Å². The Labute approximate surface area is 126 Å². The molecule has 0 aromatic heterocycles. The van der Waals surface area contributed by atoms with Gasteiger partial charge in [-0.15, -0.1) is 0 Å². The molecular weight excluding hydrogens is 260 g/mol. The SMILES string of the molecule is COc1ccc(C(C)N2Cc3ccccc3C2CN)cc1. The Bertz CT molecular complexity index is 609. The first-order chi connectivity index (χ1) is 10.2. The van der Waals surface area contributed by atoms with Gasteiger partial charge < -0.3 is 10.5 Å². The van der Waals surface area contributed by atoms with E-state index in [1.54, 1.807) is 7.11 Å². The minimum atomic E-state index is 0.304. The Morgan fingerprint density at radius 1 is 1.19 bits per heavy atom. The number of rotatable bonds is 4. The van der Waals surface area contributed by atoms with Gasteiger partial charge in [-0.2, -0.15) is 0 Å². The van der Waals surface area contributed by atoms with Crippen molar-refractivity contribution in [1.82, 2.24) is 4.90 Å². The second-order valence-corrected chi connectivity index (χ2v) is 5.57. The molecule has 3 nitrogen and oxygen atoms in total. The van der Waals surface area contributed by atoms with Crippen molar-refractivity contribution in [3.63, 3.8) is 0 Å². The van der Waals surface area contributed by atoms with Gasteiger partial charge in [-0.1, -0.05) is 36.4 Å². The summed E-state index contributed by atoms with van der Waals surface area (Å²) in [6, 6.07) is 17.6. The fourth-order valence-electron chi connectivity index (χ4n) is 3.23. The maximum atomic E-state index is 6.04. The highest BCUT2D eigenvalue weighted by Crippen LogP contribution is 2.39. The van der Waals surface area contributed by atoms with Gasteiger partial charge >= 0.3 is 0 Å². The van der Waals surface area contributed by atoms with E-state index in [2.05, 4.69) is 48.2 Å². The number of hydrogen-bond acceptors (Lipinski definition) is 3. The molecule has 0 amide bonds. The van der Waals surface area contributed by atoms with Gasteiger partial charge in [0.15, 0.2) is 0 Å². The van der Waals surface area contributed by atoms with E-state index in [0.717, 1.165) is 12.3 Å². The van der Waals surface area contributed by atoms with Crippen molar-refractivity contribution < 1.29 is 4.74 Å². The topological polar surface area (TPSA) is 38.5 Å². The molecule has 1 heterocycles. The average molecular weight is 282 g/mol. The summed E-state index contributed by atoms with van der Waals surface area (Å²) >= 11 is 0. The molecule has 1 aliphatic heterocycles. The molecular formula is C18H22N2O. The minimum Gasteiger partial charge on any atom is -0.497 e. The van der Waals surface area contributed by atoms with Crippen LogP contribution >= 0.6 is 0 Å². The minimum absolute atomic E-state index is 0.304. The van der Waals surface area contributed by atoms with Gasteiger partial charge in [0.25, 0.3) is 0 Å². The van der Waals surface area contributed by atoms with Crippen LogP contribution in [0.4, 0.5) is 0 Å². The summed E-state index contributed by atoms with van der Waals surface area (Å²) in [5.74, 6) is 0.894. The van der Waals surface area contributed by atoms with Crippen molar-refractivity contribution >= 4 is 0 Å². The maximum absolute atomic E-state index is 6.04. The fraction of sp³-hybridized carbons (Fsp3) is 0.333. The molecule has 2 aromatic rings. The largest absolute Gasteiger partial charge is 0.497 e. The first-order valence-corrected chi connectivity index (χ1v) is 7.42. The third-order valence-corrected chi connectivity index (χ3v) is 4.49. The van der Waals surface area contributed by atoms with E-state index in [-0.39, 0.29) is 0 Å². The van der Waals surface area contributed by atoms with Crippen molar-refractivity contribution in [2.75, 3.05) is 13.7 Å². The molecule has 0 aliphatic carbocycles. The van der Waals surface area contributed by atoms with E-state index in [1.165, 1.54) is 16.7 Å². The maximum Gasteiger partial charge on any atom is 0.118 e. The smallest absolute Gasteiger partial charge is 0.118 e. The molecule has 0 radical (unpaired) electrons. The van der Waals surface area contributed by atoms with E-state index >= 15 is 0 Å². The number of ether oxygens (including phenoxy) is 1. The predicted molar refractivity (Wildman–Crippen MR) is 85.2 cm³/mol. The van der Waals surface area contributed by atoms with Crippen LogP contribution in [-0.2, 0) is 6.54 Å². The Morgan fingerprint density at radius 2 is 1.90 bits per heavy atom. The zero-order valence-electron chi connectivity index (χ0n) is 12.6. The Hall–Kier alpha value is -1.84. The summed E-state index contributed by atoms with van der Waals surface area (Å²) in [5.41, 5.74) is 10.1. The summed E-state index contributed by atoms with van der Waals surface area (Å²) in [5, 5.41) is 0. The molecule has 21 heavy (non-hydrogen) atoms. The van der Waals surface area contributed by atoms with Crippen LogP contribution in [-0.4, -0.2) is 18.6 Å². The van der Waals surface area contributed by atoms with Crippen LogP contribution in [0, 0.1) is 0 Å². The van der Waals surface area contributed by atoms with Crippen molar-refractivity contribution in [3.8, 4) is 5.75 Å². The number of methoxy groups -OCH3 is 1. The summed E-state index contributed by atoms with van der Waals surface area (Å²) in [6.07, 6.45) is 0. The lowest BCUT2D eigenvalue weighted by molar-refractivity contribution is 0.161. The van der Waals surface area contributed by atoms with Crippen LogP contribution in [0.15, 0.2) is 48.5 Å². The van der Waals surface area contributed by atoms with E-state index in [9.17, 15) is 0 Å². The number of nitrogens with two attached hydrogens (primary N) is 1. The van der Waals surface area contributed by atoms with E-state index in [0.29, 0.717) is 18.6 Å². The monoisotopic (exact) mass is 282 g/mol. The standard InChI is InChI=1S/C18H22N2O/c1-13(14-7-9-16(21-2)10-8-14)20-12-15-5-3-4-6-17(15)18(20)11-19/h3-10,13,18H,11-12,19H2,1-2H3. The number of nitrogens with zero attached hydrogens (tertiary/aromatic N) is 1. The molecule has 0 fully saturated rings. The summed E-state index contributed by atoms with van der Waals surface area (Å²) in [4.78, 5) is 2.48. The fourth-order valence-corrected chi connectivity index (χ4v) is 3.23. The number of hydrogen-bond donors (Lipinski definition) is 1. The Kier molecular flexibility index (Phi) is 3.95. The molecule has 2 aromatic carbocycles. The highest BCUT2D eigenvalue weighted by Gasteiger charge is 2.32. The molecule has 0 spiro atoms. The summed E-state index contributed by atoms with van der Waals surface area (Å²) < 4.78 is 5.23. The Morgan fingerprint density at radius 3 is 2.57 bits per heavy atom. The predicted octanol–water partition coefficient (Wildman–Crippen LogP) is 3.27. The number of benzene rings is 2. The summed E-state index contributed by atoms with van der Waals surface area (Å²) in [7, 11) is 1.69. The summed E-state index contributed by atoms with van der Waals surface area (Å²) in [6.45, 7) is 3.86. The van der Waals surface area contributed by atoms with Gasteiger partial charge in [-0.05, 0) is 35.7 Å². The quantitative estimate of drug-likeness (QED) is 0.935. The molecule has 3 heteroatoms. The lowest BCUT2D eigenvalue weighted by Crippen LogP contribution is -2.30. The van der Waals surface area contributed by atoms with Crippen LogP contribution in [0.2, 0.25) is 0 Å². The van der Waals surface area contributed by atoms with Crippen molar-refractivity contribution in [2.24, 2.45) is 5.73 Å². The van der Waals surface area contributed by atoms with Gasteiger partial charge in [0, 0.05) is 25.2 Å². The first kappa shape index (κ1) is 14.1. The van der Waals surface area contributed by atoms with Crippen molar-refractivity contribution in [2.45, 2.75) is 25.6 Å². The Balaban J connectivity index is 1.86.